The normalized spacial score (nSPS) is 18.1. The number of primary amides is 1. The maximum atomic E-state index is 11.5. The van der Waals surface area contributed by atoms with Gasteiger partial charge in [0.2, 0.25) is 5.91 Å². The Bertz CT molecular complexity index is 668. The van der Waals surface area contributed by atoms with Crippen molar-refractivity contribution in [1.82, 2.24) is 4.98 Å². The SMILES string of the molecule is CCCc1sc(N2CCC[C@@H](C(N)=O)C2)nc1-c1ccccc1. The Morgan fingerprint density at radius 3 is 2.87 bits per heavy atom. The van der Waals surface area contributed by atoms with Crippen molar-refractivity contribution in [1.29, 1.82) is 0 Å². The van der Waals surface area contributed by atoms with E-state index >= 15 is 0 Å². The molecule has 2 aromatic rings. The zero-order valence-electron chi connectivity index (χ0n) is 13.5. The summed E-state index contributed by atoms with van der Waals surface area (Å²) >= 11 is 1.76. The number of hydrogen-bond acceptors (Lipinski definition) is 4. The fraction of sp³-hybridized carbons (Fsp3) is 0.444. The molecule has 23 heavy (non-hydrogen) atoms. The zero-order chi connectivity index (χ0) is 16.2. The average molecular weight is 329 g/mol. The summed E-state index contributed by atoms with van der Waals surface area (Å²) in [6.07, 6.45) is 4.03. The van der Waals surface area contributed by atoms with Crippen LogP contribution in [0, 0.1) is 5.92 Å². The molecule has 0 saturated carbocycles. The summed E-state index contributed by atoms with van der Waals surface area (Å²) in [5.74, 6) is -0.245. The fourth-order valence-corrected chi connectivity index (χ4v) is 4.29. The van der Waals surface area contributed by atoms with Gasteiger partial charge in [-0.3, -0.25) is 4.79 Å². The Labute approximate surface area is 141 Å². The Kier molecular flexibility index (Phi) is 4.96. The number of aromatic nitrogens is 1. The number of benzene rings is 1. The molecule has 4 nitrogen and oxygen atoms in total. The first-order valence-corrected chi connectivity index (χ1v) is 9.10. The van der Waals surface area contributed by atoms with Gasteiger partial charge < -0.3 is 10.6 Å². The van der Waals surface area contributed by atoms with Crippen LogP contribution in [0.3, 0.4) is 0 Å². The van der Waals surface area contributed by atoms with Gasteiger partial charge in [0, 0.05) is 23.5 Å². The number of carbonyl (C=O) groups excluding carboxylic acids is 1. The number of nitrogens with two attached hydrogens (primary N) is 1. The largest absolute Gasteiger partial charge is 0.369 e. The van der Waals surface area contributed by atoms with E-state index in [1.165, 1.54) is 10.4 Å². The fourth-order valence-electron chi connectivity index (χ4n) is 3.08. The van der Waals surface area contributed by atoms with Crippen molar-refractivity contribution < 1.29 is 4.79 Å². The van der Waals surface area contributed by atoms with Crippen LogP contribution in [-0.2, 0) is 11.2 Å². The monoisotopic (exact) mass is 329 g/mol. The van der Waals surface area contributed by atoms with E-state index in [9.17, 15) is 4.79 Å². The Morgan fingerprint density at radius 1 is 1.39 bits per heavy atom. The second-order valence-electron chi connectivity index (χ2n) is 6.07. The van der Waals surface area contributed by atoms with Crippen molar-refractivity contribution >= 4 is 22.4 Å². The van der Waals surface area contributed by atoms with Gasteiger partial charge in [0.15, 0.2) is 5.13 Å². The molecule has 0 bridgehead atoms. The lowest BCUT2D eigenvalue weighted by Crippen LogP contribution is -2.41. The molecule has 0 unspecified atom stereocenters. The highest BCUT2D eigenvalue weighted by Gasteiger charge is 2.26. The van der Waals surface area contributed by atoms with E-state index in [-0.39, 0.29) is 11.8 Å². The lowest BCUT2D eigenvalue weighted by molar-refractivity contribution is -0.122. The molecule has 5 heteroatoms. The number of thiazole rings is 1. The summed E-state index contributed by atoms with van der Waals surface area (Å²) in [6, 6.07) is 10.3. The van der Waals surface area contributed by atoms with Gasteiger partial charge in [-0.2, -0.15) is 0 Å². The molecule has 1 aliphatic heterocycles. The van der Waals surface area contributed by atoms with Gasteiger partial charge in [-0.25, -0.2) is 4.98 Å². The van der Waals surface area contributed by atoms with Crippen LogP contribution in [0.15, 0.2) is 30.3 Å². The molecule has 2 heterocycles. The van der Waals surface area contributed by atoms with E-state index in [2.05, 4.69) is 24.0 Å². The maximum Gasteiger partial charge on any atom is 0.222 e. The van der Waals surface area contributed by atoms with Crippen molar-refractivity contribution in [2.24, 2.45) is 11.7 Å². The van der Waals surface area contributed by atoms with Crippen molar-refractivity contribution in [2.45, 2.75) is 32.6 Å². The number of hydrogen-bond donors (Lipinski definition) is 1. The number of carbonyl (C=O) groups is 1. The molecule has 1 fully saturated rings. The molecule has 1 amide bonds. The first-order chi connectivity index (χ1) is 11.2. The molecule has 0 aliphatic carbocycles. The van der Waals surface area contributed by atoms with Crippen LogP contribution in [-0.4, -0.2) is 24.0 Å². The van der Waals surface area contributed by atoms with Gasteiger partial charge in [0.1, 0.15) is 0 Å². The van der Waals surface area contributed by atoms with Crippen LogP contribution >= 0.6 is 11.3 Å². The predicted molar refractivity (Wildman–Crippen MR) is 95.7 cm³/mol. The highest BCUT2D eigenvalue weighted by Crippen LogP contribution is 2.35. The molecule has 3 rings (SSSR count). The first-order valence-electron chi connectivity index (χ1n) is 8.28. The quantitative estimate of drug-likeness (QED) is 0.914. The van der Waals surface area contributed by atoms with Crippen LogP contribution in [0.5, 0.6) is 0 Å². The minimum atomic E-state index is -0.191. The van der Waals surface area contributed by atoms with Gasteiger partial charge >= 0.3 is 0 Å². The summed E-state index contributed by atoms with van der Waals surface area (Å²) in [7, 11) is 0. The third kappa shape index (κ3) is 3.55. The number of aryl methyl sites for hydroxylation is 1. The van der Waals surface area contributed by atoms with E-state index in [4.69, 9.17) is 10.7 Å². The van der Waals surface area contributed by atoms with E-state index in [0.29, 0.717) is 6.54 Å². The number of rotatable bonds is 5. The Hall–Kier alpha value is -1.88. The molecule has 1 aromatic heterocycles. The smallest absolute Gasteiger partial charge is 0.222 e. The summed E-state index contributed by atoms with van der Waals surface area (Å²) in [5.41, 5.74) is 7.76. The Morgan fingerprint density at radius 2 is 2.17 bits per heavy atom. The average Bonchev–Trinajstić information content (AvgIpc) is 3.00. The molecular weight excluding hydrogens is 306 g/mol. The van der Waals surface area contributed by atoms with Crippen LogP contribution in [0.25, 0.3) is 11.3 Å². The minimum absolute atomic E-state index is 0.0533. The van der Waals surface area contributed by atoms with Gasteiger partial charge in [0.05, 0.1) is 11.6 Å². The van der Waals surface area contributed by atoms with Crippen molar-refractivity contribution in [2.75, 3.05) is 18.0 Å². The van der Waals surface area contributed by atoms with Crippen LogP contribution < -0.4 is 10.6 Å². The molecule has 0 spiro atoms. The summed E-state index contributed by atoms with van der Waals surface area (Å²) in [5, 5.41) is 1.03. The van der Waals surface area contributed by atoms with Crippen LogP contribution in [0.4, 0.5) is 5.13 Å². The summed E-state index contributed by atoms with van der Waals surface area (Å²) < 4.78 is 0. The molecule has 2 N–H and O–H groups in total. The van der Waals surface area contributed by atoms with Crippen molar-refractivity contribution in [3.8, 4) is 11.3 Å². The molecule has 1 aliphatic rings. The van der Waals surface area contributed by atoms with Crippen molar-refractivity contribution in [3.05, 3.63) is 35.2 Å². The van der Waals surface area contributed by atoms with E-state index in [1.54, 1.807) is 11.3 Å². The first kappa shape index (κ1) is 16.0. The maximum absolute atomic E-state index is 11.5. The number of piperidine rings is 1. The third-order valence-corrected chi connectivity index (χ3v) is 5.48. The van der Waals surface area contributed by atoms with Gasteiger partial charge in [-0.05, 0) is 19.3 Å². The van der Waals surface area contributed by atoms with Gasteiger partial charge in [-0.1, -0.05) is 43.7 Å². The Balaban J connectivity index is 1.90. The molecule has 1 atom stereocenters. The molecule has 122 valence electrons. The molecule has 1 saturated heterocycles. The lowest BCUT2D eigenvalue weighted by Gasteiger charge is -2.30. The number of amides is 1. The van der Waals surface area contributed by atoms with Crippen molar-refractivity contribution in [3.63, 3.8) is 0 Å². The summed E-state index contributed by atoms with van der Waals surface area (Å²) in [4.78, 5) is 20.0. The van der Waals surface area contributed by atoms with Gasteiger partial charge in [-0.15, -0.1) is 11.3 Å². The second kappa shape index (κ2) is 7.13. The van der Waals surface area contributed by atoms with Gasteiger partial charge in [0.25, 0.3) is 0 Å². The highest BCUT2D eigenvalue weighted by atomic mass is 32.1. The van der Waals surface area contributed by atoms with E-state index in [0.717, 1.165) is 43.1 Å². The lowest BCUT2D eigenvalue weighted by atomic mass is 9.98. The zero-order valence-corrected chi connectivity index (χ0v) is 14.3. The standard InChI is InChI=1S/C18H23N3OS/c1-2-7-15-16(13-8-4-3-5-9-13)20-18(23-15)21-11-6-10-14(12-21)17(19)22/h3-5,8-9,14H,2,6-7,10-12H2,1H3,(H2,19,22)/t14-/m1/s1. The van der Waals surface area contributed by atoms with E-state index < -0.39 is 0 Å². The second-order valence-corrected chi connectivity index (χ2v) is 7.13. The number of anilines is 1. The highest BCUT2D eigenvalue weighted by molar-refractivity contribution is 7.16. The predicted octanol–water partition coefficient (Wildman–Crippen LogP) is 3.46. The topological polar surface area (TPSA) is 59.2 Å². The molecule has 0 radical (unpaired) electrons. The summed E-state index contributed by atoms with van der Waals surface area (Å²) in [6.45, 7) is 3.85. The van der Waals surface area contributed by atoms with Crippen LogP contribution in [0.1, 0.15) is 31.1 Å². The molecule has 1 aromatic carbocycles. The minimum Gasteiger partial charge on any atom is -0.369 e. The van der Waals surface area contributed by atoms with Crippen LogP contribution in [0.2, 0.25) is 0 Å². The number of nitrogens with zero attached hydrogens (tertiary/aromatic N) is 2. The molecular formula is C18H23N3OS. The van der Waals surface area contributed by atoms with E-state index in [1.807, 2.05) is 18.2 Å². The third-order valence-electron chi connectivity index (χ3n) is 4.30.